The molecule has 1 N–H and O–H groups in total. The first-order valence-electron chi connectivity index (χ1n) is 6.36. The Hall–Kier alpha value is -2.56. The van der Waals surface area contributed by atoms with E-state index in [2.05, 4.69) is 10.3 Å². The van der Waals surface area contributed by atoms with Crippen LogP contribution in [0.25, 0.3) is 0 Å². The summed E-state index contributed by atoms with van der Waals surface area (Å²) in [4.78, 5) is 16.3. The molecule has 0 radical (unpaired) electrons. The van der Waals surface area contributed by atoms with Crippen molar-refractivity contribution in [2.45, 2.75) is 6.92 Å². The summed E-state index contributed by atoms with van der Waals surface area (Å²) in [5, 5.41) is 2.83. The Bertz CT molecular complexity index is 655. The zero-order chi connectivity index (χ0) is 13.9. The van der Waals surface area contributed by atoms with Gasteiger partial charge in [-0.25, -0.2) is 0 Å². The zero-order valence-electron chi connectivity index (χ0n) is 11.1. The van der Waals surface area contributed by atoms with Crippen molar-refractivity contribution in [3.8, 4) is 11.5 Å². The summed E-state index contributed by atoms with van der Waals surface area (Å²) in [7, 11) is 0. The first-order chi connectivity index (χ1) is 9.74. The van der Waals surface area contributed by atoms with Gasteiger partial charge < -0.3 is 14.8 Å². The third-order valence-electron chi connectivity index (χ3n) is 3.05. The Morgan fingerprint density at radius 2 is 2.00 bits per heavy atom. The predicted molar refractivity (Wildman–Crippen MR) is 74.4 cm³/mol. The second-order valence-corrected chi connectivity index (χ2v) is 4.45. The Labute approximate surface area is 116 Å². The van der Waals surface area contributed by atoms with E-state index >= 15 is 0 Å². The standard InChI is InChI=1S/C15H14N2O3/c1-10-12(3-2-6-16-10)15(18)17-11-4-5-13-14(9-11)20-8-7-19-13/h2-6,9H,7-8H2,1H3,(H,17,18). The summed E-state index contributed by atoms with van der Waals surface area (Å²) in [6, 6.07) is 8.83. The van der Waals surface area contributed by atoms with Gasteiger partial charge in [0.25, 0.3) is 5.91 Å². The van der Waals surface area contributed by atoms with Gasteiger partial charge in [-0.15, -0.1) is 0 Å². The van der Waals surface area contributed by atoms with E-state index in [-0.39, 0.29) is 5.91 Å². The van der Waals surface area contributed by atoms with Crippen molar-refractivity contribution in [2.75, 3.05) is 18.5 Å². The van der Waals surface area contributed by atoms with Crippen LogP contribution in [0.3, 0.4) is 0 Å². The lowest BCUT2D eigenvalue weighted by Crippen LogP contribution is -2.17. The van der Waals surface area contributed by atoms with Crippen LogP contribution in [-0.2, 0) is 0 Å². The van der Waals surface area contributed by atoms with Crippen molar-refractivity contribution in [2.24, 2.45) is 0 Å². The normalized spacial score (nSPS) is 12.8. The Morgan fingerprint density at radius 1 is 1.20 bits per heavy atom. The van der Waals surface area contributed by atoms with Crippen LogP contribution in [0.4, 0.5) is 5.69 Å². The second-order valence-electron chi connectivity index (χ2n) is 4.45. The Balaban J connectivity index is 1.81. The molecule has 0 unspecified atom stereocenters. The van der Waals surface area contributed by atoms with E-state index in [0.717, 1.165) is 0 Å². The van der Waals surface area contributed by atoms with E-state index < -0.39 is 0 Å². The minimum absolute atomic E-state index is 0.188. The lowest BCUT2D eigenvalue weighted by atomic mass is 10.2. The molecule has 1 aromatic carbocycles. The van der Waals surface area contributed by atoms with Gasteiger partial charge in [-0.05, 0) is 31.2 Å². The molecule has 0 atom stereocenters. The van der Waals surface area contributed by atoms with Crippen LogP contribution < -0.4 is 14.8 Å². The van der Waals surface area contributed by atoms with Gasteiger partial charge in [0.15, 0.2) is 11.5 Å². The molecule has 1 aliphatic heterocycles. The number of hydrogen-bond acceptors (Lipinski definition) is 4. The van der Waals surface area contributed by atoms with Crippen molar-refractivity contribution >= 4 is 11.6 Å². The quantitative estimate of drug-likeness (QED) is 0.910. The van der Waals surface area contributed by atoms with Crippen LogP contribution >= 0.6 is 0 Å². The number of ether oxygens (including phenoxy) is 2. The van der Waals surface area contributed by atoms with Crippen LogP contribution in [-0.4, -0.2) is 24.1 Å². The van der Waals surface area contributed by atoms with Gasteiger partial charge in [-0.3, -0.25) is 9.78 Å². The molecule has 0 saturated carbocycles. The summed E-state index contributed by atoms with van der Waals surface area (Å²) in [6.07, 6.45) is 1.66. The minimum Gasteiger partial charge on any atom is -0.486 e. The minimum atomic E-state index is -0.188. The maximum Gasteiger partial charge on any atom is 0.257 e. The van der Waals surface area contributed by atoms with Gasteiger partial charge >= 0.3 is 0 Å². The molecule has 1 aliphatic rings. The average molecular weight is 270 g/mol. The number of aromatic nitrogens is 1. The molecule has 0 aliphatic carbocycles. The molecule has 5 nitrogen and oxygen atoms in total. The molecular formula is C15H14N2O3. The van der Waals surface area contributed by atoms with E-state index in [4.69, 9.17) is 9.47 Å². The number of rotatable bonds is 2. The van der Waals surface area contributed by atoms with Crippen molar-refractivity contribution < 1.29 is 14.3 Å². The lowest BCUT2D eigenvalue weighted by molar-refractivity contribution is 0.102. The van der Waals surface area contributed by atoms with E-state index in [0.29, 0.717) is 41.7 Å². The van der Waals surface area contributed by atoms with Crippen LogP contribution in [0.2, 0.25) is 0 Å². The number of nitrogens with one attached hydrogen (secondary N) is 1. The van der Waals surface area contributed by atoms with E-state index in [1.54, 1.807) is 43.5 Å². The molecule has 2 heterocycles. The summed E-state index contributed by atoms with van der Waals surface area (Å²) < 4.78 is 10.9. The van der Waals surface area contributed by atoms with Gasteiger partial charge in [0.2, 0.25) is 0 Å². The van der Waals surface area contributed by atoms with Crippen molar-refractivity contribution in [3.63, 3.8) is 0 Å². The monoisotopic (exact) mass is 270 g/mol. The number of carbonyl (C=O) groups is 1. The highest BCUT2D eigenvalue weighted by Gasteiger charge is 2.14. The fraction of sp³-hybridized carbons (Fsp3) is 0.200. The highest BCUT2D eigenvalue weighted by atomic mass is 16.6. The summed E-state index contributed by atoms with van der Waals surface area (Å²) in [5.41, 5.74) is 1.92. The lowest BCUT2D eigenvalue weighted by Gasteiger charge is -2.19. The van der Waals surface area contributed by atoms with Crippen molar-refractivity contribution in [1.82, 2.24) is 4.98 Å². The summed E-state index contributed by atoms with van der Waals surface area (Å²) >= 11 is 0. The third-order valence-corrected chi connectivity index (χ3v) is 3.05. The Morgan fingerprint density at radius 3 is 2.80 bits per heavy atom. The number of nitrogens with zero attached hydrogens (tertiary/aromatic N) is 1. The molecule has 20 heavy (non-hydrogen) atoms. The summed E-state index contributed by atoms with van der Waals surface area (Å²) in [5.74, 6) is 1.16. The maximum atomic E-state index is 12.2. The van der Waals surface area contributed by atoms with Crippen LogP contribution in [0, 0.1) is 6.92 Å². The second kappa shape index (κ2) is 5.21. The molecule has 1 amide bonds. The van der Waals surface area contributed by atoms with Gasteiger partial charge in [-0.2, -0.15) is 0 Å². The Kier molecular flexibility index (Phi) is 3.25. The number of aryl methyl sites for hydroxylation is 1. The topological polar surface area (TPSA) is 60.5 Å². The molecule has 0 saturated heterocycles. The number of amides is 1. The molecule has 0 spiro atoms. The first kappa shape index (κ1) is 12.5. The molecule has 0 fully saturated rings. The van der Waals surface area contributed by atoms with Crippen LogP contribution in [0.5, 0.6) is 11.5 Å². The van der Waals surface area contributed by atoms with Crippen molar-refractivity contribution in [3.05, 3.63) is 47.8 Å². The van der Waals surface area contributed by atoms with Crippen LogP contribution in [0.1, 0.15) is 16.1 Å². The molecular weight excluding hydrogens is 256 g/mol. The van der Waals surface area contributed by atoms with Crippen LogP contribution in [0.15, 0.2) is 36.5 Å². The number of hydrogen-bond donors (Lipinski definition) is 1. The zero-order valence-corrected chi connectivity index (χ0v) is 11.1. The molecule has 3 rings (SSSR count). The molecule has 5 heteroatoms. The third kappa shape index (κ3) is 2.42. The van der Waals surface area contributed by atoms with Gasteiger partial charge in [0.1, 0.15) is 13.2 Å². The van der Waals surface area contributed by atoms with Gasteiger partial charge in [0.05, 0.1) is 5.56 Å². The van der Waals surface area contributed by atoms with E-state index in [1.165, 1.54) is 0 Å². The smallest absolute Gasteiger partial charge is 0.257 e. The first-order valence-corrected chi connectivity index (χ1v) is 6.36. The highest BCUT2D eigenvalue weighted by Crippen LogP contribution is 2.32. The number of benzene rings is 1. The highest BCUT2D eigenvalue weighted by molar-refractivity contribution is 6.05. The average Bonchev–Trinajstić information content (AvgIpc) is 2.47. The summed E-state index contributed by atoms with van der Waals surface area (Å²) in [6.45, 7) is 2.87. The predicted octanol–water partition coefficient (Wildman–Crippen LogP) is 2.41. The fourth-order valence-corrected chi connectivity index (χ4v) is 2.04. The largest absolute Gasteiger partial charge is 0.486 e. The SMILES string of the molecule is Cc1ncccc1C(=O)Nc1ccc2c(c1)OCCO2. The van der Waals surface area contributed by atoms with Gasteiger partial charge in [-0.1, -0.05) is 0 Å². The van der Waals surface area contributed by atoms with Gasteiger partial charge in [0, 0.05) is 23.6 Å². The van der Waals surface area contributed by atoms with E-state index in [1.807, 2.05) is 0 Å². The fourth-order valence-electron chi connectivity index (χ4n) is 2.04. The number of carbonyl (C=O) groups excluding carboxylic acids is 1. The molecule has 2 aromatic rings. The number of anilines is 1. The number of pyridine rings is 1. The molecule has 102 valence electrons. The maximum absolute atomic E-state index is 12.2. The van der Waals surface area contributed by atoms with E-state index in [9.17, 15) is 4.79 Å². The molecule has 0 bridgehead atoms. The number of fused-ring (bicyclic) bond motifs is 1. The molecule has 1 aromatic heterocycles. The van der Waals surface area contributed by atoms with Crippen molar-refractivity contribution in [1.29, 1.82) is 0 Å².